The molecule has 0 spiro atoms. The molecule has 7 heteroatoms. The molecule has 134 valence electrons. The summed E-state index contributed by atoms with van der Waals surface area (Å²) in [6.07, 6.45) is 6.73. The summed E-state index contributed by atoms with van der Waals surface area (Å²) >= 11 is 7.51. The van der Waals surface area contributed by atoms with Crippen LogP contribution < -0.4 is 14.9 Å². The summed E-state index contributed by atoms with van der Waals surface area (Å²) < 4.78 is 9.23. The molecule has 5 nitrogen and oxygen atoms in total. The molecule has 0 fully saturated rings. The molecule has 3 heterocycles. The van der Waals surface area contributed by atoms with Gasteiger partial charge in [0.15, 0.2) is 5.56 Å². The van der Waals surface area contributed by atoms with Gasteiger partial charge in [-0.2, -0.15) is 9.13 Å². The molecule has 2 aromatic heterocycles. The van der Waals surface area contributed by atoms with Crippen molar-refractivity contribution in [2.75, 3.05) is 12.9 Å². The average molecular weight is 389 g/mol. The van der Waals surface area contributed by atoms with Gasteiger partial charge in [0.1, 0.15) is 11.2 Å². The van der Waals surface area contributed by atoms with Crippen molar-refractivity contribution in [2.24, 2.45) is 7.05 Å². The van der Waals surface area contributed by atoms with Gasteiger partial charge in [0.25, 0.3) is 5.88 Å². The van der Waals surface area contributed by atoms with Crippen LogP contribution in [0.5, 0.6) is 5.88 Å². The summed E-state index contributed by atoms with van der Waals surface area (Å²) in [5, 5.41) is 1.26. The van der Waals surface area contributed by atoms with E-state index >= 15 is 0 Å². The van der Waals surface area contributed by atoms with Gasteiger partial charge in [-0.3, -0.25) is 0 Å². The van der Waals surface area contributed by atoms with Crippen LogP contribution in [-0.4, -0.2) is 22.4 Å². The summed E-state index contributed by atoms with van der Waals surface area (Å²) in [4.78, 5) is 17.6. The van der Waals surface area contributed by atoms with Crippen molar-refractivity contribution < 1.29 is 9.30 Å². The van der Waals surface area contributed by atoms with E-state index in [0.29, 0.717) is 22.2 Å². The van der Waals surface area contributed by atoms with Crippen LogP contribution >= 0.6 is 23.4 Å². The lowest BCUT2D eigenvalue weighted by molar-refractivity contribution is -0.719. The molecule has 0 saturated carbocycles. The van der Waals surface area contributed by atoms with Crippen molar-refractivity contribution in [3.63, 3.8) is 0 Å². The summed E-state index contributed by atoms with van der Waals surface area (Å²) in [7, 11) is 3.45. The number of rotatable bonds is 5. The Morgan fingerprint density at radius 1 is 1.50 bits per heavy atom. The number of hydrogen-bond donors (Lipinski definition) is 0. The lowest BCUT2D eigenvalue weighted by atomic mass is 10.1. The number of halogens is 1. The zero-order chi connectivity index (χ0) is 18.8. The normalized spacial score (nSPS) is 16.3. The minimum Gasteiger partial charge on any atom is -0.465 e. The quantitative estimate of drug-likeness (QED) is 0.341. The third-order valence-electron chi connectivity index (χ3n) is 4.26. The highest BCUT2D eigenvalue weighted by Crippen LogP contribution is 2.36. The van der Waals surface area contributed by atoms with Gasteiger partial charge in [0.2, 0.25) is 0 Å². The fourth-order valence-electron chi connectivity index (χ4n) is 3.08. The molecule has 2 aromatic rings. The molecule has 1 aliphatic rings. The molecule has 3 rings (SSSR count). The molecular formula is C19H19ClN3O2S+. The summed E-state index contributed by atoms with van der Waals surface area (Å²) in [5.74, 6) is 1.23. The number of allylic oxidation sites excluding steroid dienone is 4. The van der Waals surface area contributed by atoms with E-state index in [4.69, 9.17) is 16.3 Å². The minimum atomic E-state index is -0.132. The Bertz CT molecular complexity index is 964. The first-order valence-electron chi connectivity index (χ1n) is 7.95. The van der Waals surface area contributed by atoms with E-state index in [1.165, 1.54) is 0 Å². The van der Waals surface area contributed by atoms with E-state index in [-0.39, 0.29) is 11.6 Å². The highest BCUT2D eigenvalue weighted by molar-refractivity contribution is 7.99. The van der Waals surface area contributed by atoms with Crippen LogP contribution in [0.15, 0.2) is 59.7 Å². The first-order chi connectivity index (χ1) is 12.5. The number of aromatic nitrogens is 3. The van der Waals surface area contributed by atoms with Crippen molar-refractivity contribution in [1.82, 2.24) is 9.55 Å². The Hall–Kier alpha value is -2.31. The van der Waals surface area contributed by atoms with E-state index in [9.17, 15) is 4.79 Å². The lowest BCUT2D eigenvalue weighted by Gasteiger charge is -2.13. The maximum Gasteiger partial charge on any atom is 0.350 e. The van der Waals surface area contributed by atoms with Crippen molar-refractivity contribution in [2.45, 2.75) is 11.2 Å². The van der Waals surface area contributed by atoms with Crippen LogP contribution in [0.1, 0.15) is 17.2 Å². The molecule has 0 bridgehead atoms. The third kappa shape index (κ3) is 2.99. The molecule has 0 aliphatic carbocycles. The summed E-state index contributed by atoms with van der Waals surface area (Å²) in [6.45, 7) is 7.54. The van der Waals surface area contributed by atoms with Gasteiger partial charge < -0.3 is 4.74 Å². The molecular weight excluding hydrogens is 370 g/mol. The van der Waals surface area contributed by atoms with Gasteiger partial charge in [0, 0.05) is 11.8 Å². The van der Waals surface area contributed by atoms with Crippen molar-refractivity contribution in [3.05, 3.63) is 76.3 Å². The largest absolute Gasteiger partial charge is 0.465 e. The maximum atomic E-state index is 13.4. The molecule has 0 saturated heterocycles. The van der Waals surface area contributed by atoms with E-state index in [2.05, 4.69) is 18.1 Å². The number of thioether (sulfide) groups is 1. The van der Waals surface area contributed by atoms with Crippen LogP contribution in [0.25, 0.3) is 5.57 Å². The highest BCUT2D eigenvalue weighted by atomic mass is 35.5. The van der Waals surface area contributed by atoms with E-state index < -0.39 is 0 Å². The second-order valence-corrected chi connectivity index (χ2v) is 7.08. The van der Waals surface area contributed by atoms with E-state index in [1.54, 1.807) is 53.9 Å². The number of fused-ring (bicyclic) bond motifs is 1. The first-order valence-corrected chi connectivity index (χ1v) is 9.32. The smallest absolute Gasteiger partial charge is 0.350 e. The highest BCUT2D eigenvalue weighted by Gasteiger charge is 2.39. The monoisotopic (exact) mass is 388 g/mol. The number of methoxy groups -OCH3 is 1. The fraction of sp³-hybridized carbons (Fsp3) is 0.211. The average Bonchev–Trinajstić information content (AvgIpc) is 3.09. The zero-order valence-corrected chi connectivity index (χ0v) is 16.2. The van der Waals surface area contributed by atoms with Crippen LogP contribution in [0, 0.1) is 0 Å². The molecule has 1 aliphatic heterocycles. The van der Waals surface area contributed by atoms with Crippen molar-refractivity contribution >= 4 is 28.9 Å². The lowest BCUT2D eigenvalue weighted by Crippen LogP contribution is -2.43. The molecule has 0 aromatic carbocycles. The Labute approximate surface area is 161 Å². The molecule has 1 atom stereocenters. The van der Waals surface area contributed by atoms with Gasteiger partial charge >= 0.3 is 10.7 Å². The molecule has 0 N–H and O–H groups in total. The molecule has 26 heavy (non-hydrogen) atoms. The second kappa shape index (κ2) is 7.51. The third-order valence-corrected chi connectivity index (χ3v) is 5.70. The standard InChI is InChI=1S/C19H19ClN3O2S/c1-5-7-12(6-2)16-17(24)23-14(13-8-9-15(20)21-10-13)11-26-19(23)22(3)18(16)25-4/h5-10,14H,1-2,11H2,3-4H3/q+1/b12-7+. The van der Waals surface area contributed by atoms with Gasteiger partial charge in [-0.15, -0.1) is 0 Å². The number of nitrogens with zero attached hydrogens (tertiary/aromatic N) is 3. The van der Waals surface area contributed by atoms with Gasteiger partial charge in [-0.05, 0) is 23.4 Å². The summed E-state index contributed by atoms with van der Waals surface area (Å²) in [5.41, 5.74) is 1.93. The Kier molecular flexibility index (Phi) is 5.34. The zero-order valence-electron chi connectivity index (χ0n) is 14.6. The predicted octanol–water partition coefficient (Wildman–Crippen LogP) is 3.18. The Morgan fingerprint density at radius 3 is 2.85 bits per heavy atom. The molecule has 1 unspecified atom stereocenters. The van der Waals surface area contributed by atoms with Crippen LogP contribution in [0.2, 0.25) is 5.15 Å². The van der Waals surface area contributed by atoms with Crippen molar-refractivity contribution in [3.8, 4) is 5.88 Å². The van der Waals surface area contributed by atoms with Gasteiger partial charge in [0.05, 0.1) is 19.9 Å². The van der Waals surface area contributed by atoms with Crippen LogP contribution in [-0.2, 0) is 7.05 Å². The summed E-state index contributed by atoms with van der Waals surface area (Å²) in [6, 6.07) is 3.51. The number of hydrogen-bond acceptors (Lipinski definition) is 4. The SMILES string of the molecule is C=C/C=C(\C=C)c1c(OC)[n+](C)c2n(c1=O)C(c1ccc(Cl)nc1)CS2. The van der Waals surface area contributed by atoms with Crippen molar-refractivity contribution in [1.29, 1.82) is 0 Å². The number of ether oxygens (including phenoxy) is 1. The fourth-order valence-corrected chi connectivity index (χ4v) is 4.47. The van der Waals surface area contributed by atoms with E-state index in [0.717, 1.165) is 16.5 Å². The molecule has 0 amide bonds. The Morgan fingerprint density at radius 2 is 2.27 bits per heavy atom. The van der Waals surface area contributed by atoms with Gasteiger partial charge in [-0.25, -0.2) is 9.78 Å². The second-order valence-electron chi connectivity index (χ2n) is 5.70. The Balaban J connectivity index is 2.29. The minimum absolute atomic E-state index is 0.127. The topological polar surface area (TPSA) is 48.0 Å². The van der Waals surface area contributed by atoms with Crippen LogP contribution in [0.4, 0.5) is 0 Å². The number of pyridine rings is 1. The van der Waals surface area contributed by atoms with Crippen LogP contribution in [0.3, 0.4) is 0 Å². The van der Waals surface area contributed by atoms with E-state index in [1.807, 2.05) is 17.7 Å². The maximum absolute atomic E-state index is 13.4. The molecule has 0 radical (unpaired) electrons. The first kappa shape index (κ1) is 18.5. The van der Waals surface area contributed by atoms with Gasteiger partial charge in [-0.1, -0.05) is 49.1 Å². The predicted molar refractivity (Wildman–Crippen MR) is 105 cm³/mol.